The largest absolute Gasteiger partial charge is 0.341 e. The van der Waals surface area contributed by atoms with E-state index in [-0.39, 0.29) is 17.9 Å². The molecule has 1 unspecified atom stereocenters. The second-order valence-corrected chi connectivity index (χ2v) is 7.34. The fourth-order valence-corrected chi connectivity index (χ4v) is 4.22. The van der Waals surface area contributed by atoms with Crippen LogP contribution in [0.2, 0.25) is 0 Å². The van der Waals surface area contributed by atoms with E-state index in [0.29, 0.717) is 19.5 Å². The first-order valence-electron chi connectivity index (χ1n) is 9.51. The zero-order valence-corrected chi connectivity index (χ0v) is 14.7. The van der Waals surface area contributed by atoms with Crippen LogP contribution in [0.3, 0.4) is 0 Å². The predicted molar refractivity (Wildman–Crippen MR) is 93.5 cm³/mol. The summed E-state index contributed by atoms with van der Waals surface area (Å²) in [6.07, 6.45) is 10.5. The second kappa shape index (κ2) is 7.02. The molecule has 1 atom stereocenters. The summed E-state index contributed by atoms with van der Waals surface area (Å²) in [5.74, 6) is 0.386. The van der Waals surface area contributed by atoms with Gasteiger partial charge in [0.1, 0.15) is 0 Å². The normalized spacial score (nSPS) is 24.1. The summed E-state index contributed by atoms with van der Waals surface area (Å²) in [4.78, 5) is 29.2. The summed E-state index contributed by atoms with van der Waals surface area (Å²) in [6, 6.07) is 2.07. The minimum Gasteiger partial charge on any atom is -0.341 e. The van der Waals surface area contributed by atoms with Gasteiger partial charge in [0.2, 0.25) is 11.8 Å². The maximum atomic E-state index is 13.2. The number of hydrogen-bond acceptors (Lipinski definition) is 3. The molecule has 1 saturated heterocycles. The molecule has 4 rings (SSSR count). The number of aryl methyl sites for hydroxylation is 1. The zero-order chi connectivity index (χ0) is 17.2. The van der Waals surface area contributed by atoms with Crippen molar-refractivity contribution in [1.82, 2.24) is 19.6 Å². The van der Waals surface area contributed by atoms with Gasteiger partial charge in [-0.25, -0.2) is 0 Å². The number of allylic oxidation sites excluding steroid dienone is 1. The molecule has 0 radical (unpaired) electrons. The van der Waals surface area contributed by atoms with Crippen molar-refractivity contribution in [3.8, 4) is 0 Å². The first-order chi connectivity index (χ1) is 12.2. The molecule has 3 heterocycles. The molecule has 134 valence electrons. The number of likely N-dealkylation sites (tertiary alicyclic amines) is 1. The highest BCUT2D eigenvalue weighted by Crippen LogP contribution is 2.25. The van der Waals surface area contributed by atoms with Crippen LogP contribution >= 0.6 is 0 Å². The van der Waals surface area contributed by atoms with Gasteiger partial charge in [0.25, 0.3) is 0 Å². The van der Waals surface area contributed by atoms with Crippen LogP contribution < -0.4 is 0 Å². The maximum absolute atomic E-state index is 13.2. The van der Waals surface area contributed by atoms with E-state index in [1.807, 2.05) is 26.7 Å². The molecule has 6 heteroatoms. The highest BCUT2D eigenvalue weighted by atomic mass is 16.2. The highest BCUT2D eigenvalue weighted by molar-refractivity contribution is 5.93. The van der Waals surface area contributed by atoms with Crippen molar-refractivity contribution >= 4 is 11.8 Å². The molecule has 1 aromatic rings. The standard InChI is InChI=1S/C19H26N4O2/c24-18-7-4-11-21(18)13-16-9-12-23-17(8-10-20-23)14-22(16)19(25)15-5-2-1-3-6-15/h5,8,10,16H,1-4,6-7,9,11-14H2. The van der Waals surface area contributed by atoms with Gasteiger partial charge < -0.3 is 9.80 Å². The molecular weight excluding hydrogens is 316 g/mol. The third-order valence-corrected chi connectivity index (χ3v) is 5.68. The van der Waals surface area contributed by atoms with Gasteiger partial charge in [-0.1, -0.05) is 6.08 Å². The summed E-state index contributed by atoms with van der Waals surface area (Å²) in [5, 5.41) is 4.39. The molecule has 1 fully saturated rings. The minimum absolute atomic E-state index is 0.0686. The summed E-state index contributed by atoms with van der Waals surface area (Å²) >= 11 is 0. The lowest BCUT2D eigenvalue weighted by Crippen LogP contribution is -2.47. The van der Waals surface area contributed by atoms with Gasteiger partial charge in [0, 0.05) is 37.8 Å². The molecule has 0 spiro atoms. The van der Waals surface area contributed by atoms with Gasteiger partial charge in [-0.2, -0.15) is 5.10 Å². The Morgan fingerprint density at radius 1 is 1.20 bits per heavy atom. The van der Waals surface area contributed by atoms with E-state index in [1.54, 1.807) is 0 Å². The lowest BCUT2D eigenvalue weighted by molar-refractivity contribution is -0.134. The smallest absolute Gasteiger partial charge is 0.250 e. The third kappa shape index (κ3) is 3.34. The number of aromatic nitrogens is 2. The number of fused-ring (bicyclic) bond motifs is 1. The molecule has 6 nitrogen and oxygen atoms in total. The van der Waals surface area contributed by atoms with E-state index in [4.69, 9.17) is 0 Å². The SMILES string of the molecule is O=C1CCCN1CC1CCn2nccc2CN1C(=O)C1=CCCCC1. The van der Waals surface area contributed by atoms with E-state index < -0.39 is 0 Å². The molecule has 3 aliphatic rings. The van der Waals surface area contributed by atoms with Crippen LogP contribution in [0.1, 0.15) is 50.6 Å². The Hall–Kier alpha value is -2.11. The summed E-state index contributed by atoms with van der Waals surface area (Å²) in [6.45, 7) is 2.87. The van der Waals surface area contributed by atoms with E-state index in [9.17, 15) is 9.59 Å². The third-order valence-electron chi connectivity index (χ3n) is 5.68. The number of rotatable bonds is 3. The Morgan fingerprint density at radius 2 is 2.12 bits per heavy atom. The molecule has 0 saturated carbocycles. The zero-order valence-electron chi connectivity index (χ0n) is 14.7. The van der Waals surface area contributed by atoms with Crippen molar-refractivity contribution in [1.29, 1.82) is 0 Å². The molecule has 25 heavy (non-hydrogen) atoms. The lowest BCUT2D eigenvalue weighted by atomic mass is 9.97. The Balaban J connectivity index is 1.58. The van der Waals surface area contributed by atoms with Crippen LogP contribution in [-0.2, 0) is 22.7 Å². The Morgan fingerprint density at radius 3 is 2.88 bits per heavy atom. The van der Waals surface area contributed by atoms with Gasteiger partial charge in [-0.15, -0.1) is 0 Å². The summed E-state index contributed by atoms with van der Waals surface area (Å²) in [7, 11) is 0. The van der Waals surface area contributed by atoms with Crippen LogP contribution in [-0.4, -0.2) is 50.5 Å². The molecule has 1 aliphatic carbocycles. The molecular formula is C19H26N4O2. The van der Waals surface area contributed by atoms with Gasteiger partial charge >= 0.3 is 0 Å². The maximum Gasteiger partial charge on any atom is 0.250 e. The van der Waals surface area contributed by atoms with Gasteiger partial charge in [-0.3, -0.25) is 14.3 Å². The lowest BCUT2D eigenvalue weighted by Gasteiger charge is -2.34. The first kappa shape index (κ1) is 16.4. The highest BCUT2D eigenvalue weighted by Gasteiger charge is 2.33. The Kier molecular flexibility index (Phi) is 4.59. The van der Waals surface area contributed by atoms with Gasteiger partial charge in [-0.05, 0) is 44.6 Å². The summed E-state index contributed by atoms with van der Waals surface area (Å²) in [5.41, 5.74) is 2.04. The number of amides is 2. The second-order valence-electron chi connectivity index (χ2n) is 7.34. The van der Waals surface area contributed by atoms with E-state index in [2.05, 4.69) is 11.2 Å². The van der Waals surface area contributed by atoms with Crippen molar-refractivity contribution in [2.75, 3.05) is 13.1 Å². The monoisotopic (exact) mass is 342 g/mol. The van der Waals surface area contributed by atoms with Crippen LogP contribution in [0.5, 0.6) is 0 Å². The van der Waals surface area contributed by atoms with Crippen molar-refractivity contribution in [3.05, 3.63) is 29.6 Å². The molecule has 0 bridgehead atoms. The number of nitrogens with zero attached hydrogens (tertiary/aromatic N) is 4. The number of carbonyl (C=O) groups is 2. The Labute approximate surface area is 148 Å². The molecule has 1 aromatic heterocycles. The van der Waals surface area contributed by atoms with Crippen molar-refractivity contribution in [3.63, 3.8) is 0 Å². The first-order valence-corrected chi connectivity index (χ1v) is 9.51. The van der Waals surface area contributed by atoms with E-state index in [0.717, 1.165) is 56.5 Å². The Bertz CT molecular complexity index is 693. The number of carbonyl (C=O) groups excluding carboxylic acids is 2. The fourth-order valence-electron chi connectivity index (χ4n) is 4.22. The van der Waals surface area contributed by atoms with Crippen molar-refractivity contribution in [2.24, 2.45) is 0 Å². The quantitative estimate of drug-likeness (QED) is 0.845. The van der Waals surface area contributed by atoms with Crippen LogP contribution in [0.15, 0.2) is 23.9 Å². The van der Waals surface area contributed by atoms with Crippen LogP contribution in [0, 0.1) is 0 Å². The van der Waals surface area contributed by atoms with E-state index >= 15 is 0 Å². The average Bonchev–Trinajstić information content (AvgIpc) is 3.21. The predicted octanol–water partition coefficient (Wildman–Crippen LogP) is 2.11. The van der Waals surface area contributed by atoms with Gasteiger partial charge in [0.15, 0.2) is 0 Å². The van der Waals surface area contributed by atoms with Crippen LogP contribution in [0.4, 0.5) is 0 Å². The topological polar surface area (TPSA) is 58.4 Å². The van der Waals surface area contributed by atoms with Crippen LogP contribution in [0.25, 0.3) is 0 Å². The summed E-state index contributed by atoms with van der Waals surface area (Å²) < 4.78 is 2.00. The molecule has 0 N–H and O–H groups in total. The number of hydrogen-bond donors (Lipinski definition) is 0. The minimum atomic E-state index is 0.0686. The molecule has 0 aromatic carbocycles. The van der Waals surface area contributed by atoms with Crippen molar-refractivity contribution in [2.45, 2.75) is 64.1 Å². The van der Waals surface area contributed by atoms with E-state index in [1.165, 1.54) is 6.42 Å². The fraction of sp³-hybridized carbons (Fsp3) is 0.632. The van der Waals surface area contributed by atoms with Crippen molar-refractivity contribution < 1.29 is 9.59 Å². The molecule has 2 amide bonds. The average molecular weight is 342 g/mol. The van der Waals surface area contributed by atoms with Gasteiger partial charge in [0.05, 0.1) is 18.3 Å². The molecule has 2 aliphatic heterocycles.